The van der Waals surface area contributed by atoms with Crippen LogP contribution < -0.4 is 10.6 Å². The van der Waals surface area contributed by atoms with E-state index < -0.39 is 0 Å². The van der Waals surface area contributed by atoms with Crippen LogP contribution in [0.2, 0.25) is 0 Å². The number of nitrogens with one attached hydrogen (secondary N) is 2. The molecule has 2 N–H and O–H groups in total. The van der Waals surface area contributed by atoms with Crippen LogP contribution in [0.1, 0.15) is 31.9 Å². The van der Waals surface area contributed by atoms with Crippen molar-refractivity contribution in [3.05, 3.63) is 24.2 Å². The topological polar surface area (TPSA) is 54.3 Å². The Labute approximate surface area is 107 Å². The Bertz CT molecular complexity index is 415. The van der Waals surface area contributed by atoms with Crippen molar-refractivity contribution in [1.82, 2.24) is 10.6 Å². The van der Waals surface area contributed by atoms with Crippen LogP contribution in [0.25, 0.3) is 0 Å². The second-order valence-electron chi connectivity index (χ2n) is 5.58. The van der Waals surface area contributed by atoms with Gasteiger partial charge in [-0.15, -0.1) is 0 Å². The van der Waals surface area contributed by atoms with Gasteiger partial charge in [0.1, 0.15) is 5.76 Å². The third kappa shape index (κ3) is 2.29. The van der Waals surface area contributed by atoms with E-state index in [-0.39, 0.29) is 17.9 Å². The lowest BCUT2D eigenvalue weighted by molar-refractivity contribution is -0.126. The minimum absolute atomic E-state index is 0.128. The molecular weight excluding hydrogens is 228 g/mol. The second kappa shape index (κ2) is 4.76. The summed E-state index contributed by atoms with van der Waals surface area (Å²) >= 11 is 0. The van der Waals surface area contributed by atoms with Gasteiger partial charge >= 0.3 is 0 Å². The van der Waals surface area contributed by atoms with E-state index in [9.17, 15) is 4.79 Å². The molecule has 4 atom stereocenters. The second-order valence-corrected chi connectivity index (χ2v) is 5.58. The molecular formula is C14H20N2O2. The van der Waals surface area contributed by atoms with Gasteiger partial charge in [-0.1, -0.05) is 0 Å². The number of carbonyl (C=O) groups excluding carboxylic acids is 1. The minimum atomic E-state index is 0.128. The third-order valence-electron chi connectivity index (χ3n) is 4.11. The molecule has 4 nitrogen and oxygen atoms in total. The molecule has 3 heterocycles. The van der Waals surface area contributed by atoms with Gasteiger partial charge in [-0.2, -0.15) is 0 Å². The van der Waals surface area contributed by atoms with E-state index in [1.165, 1.54) is 6.42 Å². The molecule has 2 fully saturated rings. The van der Waals surface area contributed by atoms with E-state index in [4.69, 9.17) is 4.42 Å². The molecule has 4 heteroatoms. The molecule has 2 aliphatic rings. The van der Waals surface area contributed by atoms with E-state index in [0.29, 0.717) is 12.1 Å². The van der Waals surface area contributed by atoms with Crippen LogP contribution in [0.15, 0.2) is 22.8 Å². The maximum absolute atomic E-state index is 12.2. The average Bonchev–Trinajstić information content (AvgIpc) is 3.04. The fourth-order valence-electron chi connectivity index (χ4n) is 3.25. The maximum Gasteiger partial charge on any atom is 0.224 e. The normalized spacial score (nSPS) is 31.5. The summed E-state index contributed by atoms with van der Waals surface area (Å²) in [5, 5.41) is 6.60. The summed E-state index contributed by atoms with van der Waals surface area (Å²) < 4.78 is 5.30. The summed E-state index contributed by atoms with van der Waals surface area (Å²) in [4.78, 5) is 12.2. The summed E-state index contributed by atoms with van der Waals surface area (Å²) in [6, 6.07) is 4.94. The molecule has 1 aromatic heterocycles. The first-order chi connectivity index (χ1) is 8.72. The molecule has 2 saturated heterocycles. The Morgan fingerprint density at radius 3 is 3.11 bits per heavy atom. The molecule has 1 aromatic rings. The molecule has 2 aliphatic heterocycles. The number of fused-ring (bicyclic) bond motifs is 2. The fourth-order valence-corrected chi connectivity index (χ4v) is 3.25. The van der Waals surface area contributed by atoms with Gasteiger partial charge in [0.2, 0.25) is 5.91 Å². The lowest BCUT2D eigenvalue weighted by Gasteiger charge is -2.21. The Kier molecular flexibility index (Phi) is 3.12. The molecule has 0 saturated carbocycles. The predicted molar refractivity (Wildman–Crippen MR) is 68.1 cm³/mol. The molecule has 0 aromatic carbocycles. The van der Waals surface area contributed by atoms with Crippen LogP contribution in [-0.4, -0.2) is 24.0 Å². The molecule has 2 bridgehead atoms. The zero-order chi connectivity index (χ0) is 12.5. The highest BCUT2D eigenvalue weighted by molar-refractivity contribution is 5.80. The van der Waals surface area contributed by atoms with Crippen molar-refractivity contribution < 1.29 is 9.21 Å². The summed E-state index contributed by atoms with van der Waals surface area (Å²) in [5.41, 5.74) is 0. The molecule has 3 rings (SSSR count). The lowest BCUT2D eigenvalue weighted by atomic mass is 9.88. The van der Waals surface area contributed by atoms with E-state index in [2.05, 4.69) is 10.6 Å². The highest BCUT2D eigenvalue weighted by Crippen LogP contribution is 2.33. The van der Waals surface area contributed by atoms with Crippen LogP contribution >= 0.6 is 0 Å². The van der Waals surface area contributed by atoms with Crippen molar-refractivity contribution in [2.45, 2.75) is 50.7 Å². The van der Waals surface area contributed by atoms with E-state index in [1.807, 2.05) is 19.1 Å². The minimum Gasteiger partial charge on any atom is -0.469 e. The van der Waals surface area contributed by atoms with Crippen molar-refractivity contribution in [2.24, 2.45) is 5.92 Å². The smallest absolute Gasteiger partial charge is 0.224 e. The van der Waals surface area contributed by atoms with Gasteiger partial charge in [-0.3, -0.25) is 4.79 Å². The number of hydrogen-bond acceptors (Lipinski definition) is 3. The number of furan rings is 1. The van der Waals surface area contributed by atoms with E-state index >= 15 is 0 Å². The molecule has 1 amide bonds. The van der Waals surface area contributed by atoms with E-state index in [1.54, 1.807) is 6.26 Å². The van der Waals surface area contributed by atoms with E-state index in [0.717, 1.165) is 25.0 Å². The van der Waals surface area contributed by atoms with Gasteiger partial charge in [0.15, 0.2) is 0 Å². The van der Waals surface area contributed by atoms with Gasteiger partial charge in [-0.05, 0) is 38.3 Å². The standard InChI is InChI=1S/C14H20N2O2/c1-9(7-11-3-2-6-18-11)15-14(17)12-8-10-4-5-13(12)16-10/h2-3,6,9-10,12-13,16H,4-5,7-8H2,1H3,(H,15,17). The Hall–Kier alpha value is -1.29. The Morgan fingerprint density at radius 2 is 2.50 bits per heavy atom. The number of hydrogen-bond donors (Lipinski definition) is 2. The highest BCUT2D eigenvalue weighted by Gasteiger charge is 2.42. The summed E-state index contributed by atoms with van der Waals surface area (Å²) in [7, 11) is 0. The molecule has 18 heavy (non-hydrogen) atoms. The van der Waals surface area contributed by atoms with Gasteiger partial charge in [0.25, 0.3) is 0 Å². The van der Waals surface area contributed by atoms with Crippen molar-refractivity contribution in [3.63, 3.8) is 0 Å². The third-order valence-corrected chi connectivity index (χ3v) is 4.11. The largest absolute Gasteiger partial charge is 0.469 e. The molecule has 0 radical (unpaired) electrons. The highest BCUT2D eigenvalue weighted by atomic mass is 16.3. The van der Waals surface area contributed by atoms with Gasteiger partial charge in [-0.25, -0.2) is 0 Å². The molecule has 4 unspecified atom stereocenters. The van der Waals surface area contributed by atoms with Crippen LogP contribution in [0.4, 0.5) is 0 Å². The SMILES string of the molecule is CC(Cc1ccco1)NC(=O)C1CC2CCC1N2. The summed E-state index contributed by atoms with van der Waals surface area (Å²) in [5.74, 6) is 1.30. The maximum atomic E-state index is 12.2. The van der Waals surface area contributed by atoms with Gasteiger partial charge < -0.3 is 15.1 Å². The first-order valence-corrected chi connectivity index (χ1v) is 6.81. The number of carbonyl (C=O) groups is 1. The molecule has 0 aliphatic carbocycles. The first kappa shape index (κ1) is 11.8. The van der Waals surface area contributed by atoms with Crippen LogP contribution in [-0.2, 0) is 11.2 Å². The summed E-state index contributed by atoms with van der Waals surface area (Å²) in [6.07, 6.45) is 5.81. The number of amides is 1. The van der Waals surface area contributed by atoms with Gasteiger partial charge in [0.05, 0.1) is 12.2 Å². The number of rotatable bonds is 4. The van der Waals surface area contributed by atoms with Crippen molar-refractivity contribution in [1.29, 1.82) is 0 Å². The lowest BCUT2D eigenvalue weighted by Crippen LogP contribution is -2.42. The van der Waals surface area contributed by atoms with Crippen LogP contribution in [0.3, 0.4) is 0 Å². The monoisotopic (exact) mass is 248 g/mol. The van der Waals surface area contributed by atoms with Crippen LogP contribution in [0, 0.1) is 5.92 Å². The van der Waals surface area contributed by atoms with Crippen molar-refractivity contribution >= 4 is 5.91 Å². The fraction of sp³-hybridized carbons (Fsp3) is 0.643. The van der Waals surface area contributed by atoms with Gasteiger partial charge in [0, 0.05) is 24.5 Å². The summed E-state index contributed by atoms with van der Waals surface area (Å²) in [6.45, 7) is 2.03. The predicted octanol–water partition coefficient (Wildman–Crippen LogP) is 1.47. The van der Waals surface area contributed by atoms with Crippen molar-refractivity contribution in [2.75, 3.05) is 0 Å². The molecule has 0 spiro atoms. The first-order valence-electron chi connectivity index (χ1n) is 6.81. The zero-order valence-corrected chi connectivity index (χ0v) is 10.7. The van der Waals surface area contributed by atoms with Crippen LogP contribution in [0.5, 0.6) is 0 Å². The quantitative estimate of drug-likeness (QED) is 0.848. The zero-order valence-electron chi connectivity index (χ0n) is 10.7. The Balaban J connectivity index is 1.51. The molecule has 98 valence electrons. The average molecular weight is 248 g/mol. The Morgan fingerprint density at radius 1 is 1.61 bits per heavy atom. The van der Waals surface area contributed by atoms with Crippen molar-refractivity contribution in [3.8, 4) is 0 Å².